The van der Waals surface area contributed by atoms with Crippen LogP contribution in [0.4, 0.5) is 5.82 Å². The Kier molecular flexibility index (Phi) is 3.38. The SMILES string of the molecule is Cc1cnc(C)c(N(C)Cc2csc(C)n2)n1. The molecule has 0 radical (unpaired) electrons. The van der Waals surface area contributed by atoms with Crippen molar-refractivity contribution in [2.45, 2.75) is 27.3 Å². The van der Waals surface area contributed by atoms with Gasteiger partial charge < -0.3 is 4.90 Å². The Labute approximate surface area is 105 Å². The zero-order valence-electron chi connectivity index (χ0n) is 10.6. The second-order valence-electron chi connectivity index (χ2n) is 4.13. The summed E-state index contributed by atoms with van der Waals surface area (Å²) in [6.07, 6.45) is 1.79. The Morgan fingerprint density at radius 2 is 2.00 bits per heavy atom. The van der Waals surface area contributed by atoms with Crippen molar-refractivity contribution in [1.29, 1.82) is 0 Å². The Morgan fingerprint density at radius 3 is 2.65 bits per heavy atom. The summed E-state index contributed by atoms with van der Waals surface area (Å²) in [6, 6.07) is 0. The maximum Gasteiger partial charge on any atom is 0.150 e. The molecule has 0 N–H and O–H groups in total. The molecule has 0 aromatic carbocycles. The van der Waals surface area contributed by atoms with Gasteiger partial charge in [0.05, 0.1) is 28.6 Å². The van der Waals surface area contributed by atoms with Crippen LogP contribution in [0.15, 0.2) is 11.6 Å². The molecule has 2 aromatic rings. The molecule has 17 heavy (non-hydrogen) atoms. The molecular formula is C12H16N4S. The monoisotopic (exact) mass is 248 g/mol. The van der Waals surface area contributed by atoms with Gasteiger partial charge in [-0.1, -0.05) is 0 Å². The minimum absolute atomic E-state index is 0.767. The van der Waals surface area contributed by atoms with Crippen LogP contribution in [0.25, 0.3) is 0 Å². The summed E-state index contributed by atoms with van der Waals surface area (Å²) >= 11 is 1.68. The van der Waals surface area contributed by atoms with Crippen molar-refractivity contribution >= 4 is 17.2 Å². The maximum absolute atomic E-state index is 4.51. The van der Waals surface area contributed by atoms with Gasteiger partial charge in [-0.15, -0.1) is 11.3 Å². The molecule has 0 spiro atoms. The summed E-state index contributed by atoms with van der Waals surface area (Å²) in [4.78, 5) is 15.4. The van der Waals surface area contributed by atoms with Gasteiger partial charge in [0.2, 0.25) is 0 Å². The first-order valence-electron chi connectivity index (χ1n) is 5.48. The predicted molar refractivity (Wildman–Crippen MR) is 70.5 cm³/mol. The Bertz CT molecular complexity index is 521. The molecule has 0 aliphatic heterocycles. The van der Waals surface area contributed by atoms with E-state index in [2.05, 4.69) is 25.2 Å². The third-order valence-corrected chi connectivity index (χ3v) is 3.30. The van der Waals surface area contributed by atoms with Crippen molar-refractivity contribution < 1.29 is 0 Å². The normalized spacial score (nSPS) is 10.6. The fourth-order valence-corrected chi connectivity index (χ4v) is 2.29. The van der Waals surface area contributed by atoms with Crippen molar-refractivity contribution in [3.63, 3.8) is 0 Å². The lowest BCUT2D eigenvalue weighted by molar-refractivity contribution is 0.848. The molecule has 0 aliphatic carbocycles. The smallest absolute Gasteiger partial charge is 0.150 e. The summed E-state index contributed by atoms with van der Waals surface area (Å²) in [5.74, 6) is 0.927. The van der Waals surface area contributed by atoms with E-state index < -0.39 is 0 Å². The molecule has 5 heteroatoms. The number of aryl methyl sites for hydroxylation is 3. The van der Waals surface area contributed by atoms with Gasteiger partial charge in [0.1, 0.15) is 5.82 Å². The van der Waals surface area contributed by atoms with Gasteiger partial charge in [0.15, 0.2) is 0 Å². The number of hydrogen-bond donors (Lipinski definition) is 0. The molecule has 90 valence electrons. The van der Waals surface area contributed by atoms with E-state index in [0.717, 1.165) is 34.5 Å². The zero-order chi connectivity index (χ0) is 12.4. The summed E-state index contributed by atoms with van der Waals surface area (Å²) in [6.45, 7) is 6.72. The van der Waals surface area contributed by atoms with Crippen molar-refractivity contribution in [2.75, 3.05) is 11.9 Å². The minimum atomic E-state index is 0.767. The molecule has 0 atom stereocenters. The number of rotatable bonds is 3. The van der Waals surface area contributed by atoms with Crippen molar-refractivity contribution in [2.24, 2.45) is 0 Å². The van der Waals surface area contributed by atoms with Crippen LogP contribution in [0.2, 0.25) is 0 Å². The molecule has 0 aliphatic rings. The van der Waals surface area contributed by atoms with Crippen LogP contribution in [-0.2, 0) is 6.54 Å². The Balaban J connectivity index is 2.19. The van der Waals surface area contributed by atoms with Crippen LogP contribution in [0.3, 0.4) is 0 Å². The topological polar surface area (TPSA) is 41.9 Å². The standard InChI is InChI=1S/C12H16N4S/c1-8-5-13-9(2)12(14-8)16(4)6-11-7-17-10(3)15-11/h5,7H,6H2,1-4H3. The summed E-state index contributed by atoms with van der Waals surface area (Å²) < 4.78 is 0. The van der Waals surface area contributed by atoms with Gasteiger partial charge in [-0.05, 0) is 20.8 Å². The first-order valence-corrected chi connectivity index (χ1v) is 6.36. The van der Waals surface area contributed by atoms with E-state index in [0.29, 0.717) is 0 Å². The number of nitrogens with zero attached hydrogens (tertiary/aromatic N) is 4. The number of anilines is 1. The van der Waals surface area contributed by atoms with Crippen LogP contribution in [0, 0.1) is 20.8 Å². The van der Waals surface area contributed by atoms with Crippen molar-refractivity contribution in [3.8, 4) is 0 Å². The van der Waals surface area contributed by atoms with Crippen molar-refractivity contribution in [1.82, 2.24) is 15.0 Å². The zero-order valence-corrected chi connectivity index (χ0v) is 11.4. The Morgan fingerprint density at radius 1 is 1.24 bits per heavy atom. The van der Waals surface area contributed by atoms with Crippen LogP contribution in [-0.4, -0.2) is 22.0 Å². The van der Waals surface area contributed by atoms with E-state index in [9.17, 15) is 0 Å². The second kappa shape index (κ2) is 4.79. The molecule has 0 saturated carbocycles. The fourth-order valence-electron chi connectivity index (χ4n) is 1.69. The first-order chi connectivity index (χ1) is 8.06. The fraction of sp³-hybridized carbons (Fsp3) is 0.417. The van der Waals surface area contributed by atoms with Gasteiger partial charge >= 0.3 is 0 Å². The summed E-state index contributed by atoms with van der Waals surface area (Å²) in [5, 5.41) is 3.19. The number of thiazole rings is 1. The molecule has 2 rings (SSSR count). The molecule has 2 heterocycles. The lowest BCUT2D eigenvalue weighted by Gasteiger charge is -2.18. The third kappa shape index (κ3) is 2.79. The highest BCUT2D eigenvalue weighted by atomic mass is 32.1. The highest BCUT2D eigenvalue weighted by Gasteiger charge is 2.09. The van der Waals surface area contributed by atoms with E-state index in [4.69, 9.17) is 0 Å². The van der Waals surface area contributed by atoms with Gasteiger partial charge in [0.25, 0.3) is 0 Å². The lowest BCUT2D eigenvalue weighted by Crippen LogP contribution is -2.20. The minimum Gasteiger partial charge on any atom is -0.352 e. The molecule has 2 aromatic heterocycles. The van der Waals surface area contributed by atoms with E-state index in [1.54, 1.807) is 17.5 Å². The van der Waals surface area contributed by atoms with Crippen molar-refractivity contribution in [3.05, 3.63) is 33.7 Å². The third-order valence-electron chi connectivity index (χ3n) is 2.48. The van der Waals surface area contributed by atoms with Crippen LogP contribution >= 0.6 is 11.3 Å². The maximum atomic E-state index is 4.51. The van der Waals surface area contributed by atoms with E-state index in [-0.39, 0.29) is 0 Å². The van der Waals surface area contributed by atoms with Crippen LogP contribution in [0.5, 0.6) is 0 Å². The molecular weight excluding hydrogens is 232 g/mol. The van der Waals surface area contributed by atoms with Crippen LogP contribution in [0.1, 0.15) is 22.1 Å². The summed E-state index contributed by atoms with van der Waals surface area (Å²) in [7, 11) is 2.02. The van der Waals surface area contributed by atoms with Gasteiger partial charge in [-0.25, -0.2) is 9.97 Å². The molecule has 0 amide bonds. The predicted octanol–water partition coefficient (Wildman–Crippen LogP) is 2.49. The average molecular weight is 248 g/mol. The quantitative estimate of drug-likeness (QED) is 0.837. The molecule has 4 nitrogen and oxygen atoms in total. The Hall–Kier alpha value is -1.49. The van der Waals surface area contributed by atoms with E-state index in [1.165, 1.54) is 0 Å². The lowest BCUT2D eigenvalue weighted by atomic mass is 10.3. The highest BCUT2D eigenvalue weighted by molar-refractivity contribution is 7.09. The first kappa shape index (κ1) is 12.0. The van der Waals surface area contributed by atoms with Gasteiger partial charge in [0, 0.05) is 18.6 Å². The molecule has 0 bridgehead atoms. The number of aromatic nitrogens is 3. The van der Waals surface area contributed by atoms with Crippen LogP contribution < -0.4 is 4.90 Å². The second-order valence-corrected chi connectivity index (χ2v) is 5.20. The molecule has 0 unspecified atom stereocenters. The van der Waals surface area contributed by atoms with E-state index >= 15 is 0 Å². The molecule has 0 fully saturated rings. The van der Waals surface area contributed by atoms with Gasteiger partial charge in [-0.3, -0.25) is 4.98 Å². The largest absolute Gasteiger partial charge is 0.352 e. The number of hydrogen-bond acceptors (Lipinski definition) is 5. The van der Waals surface area contributed by atoms with Gasteiger partial charge in [-0.2, -0.15) is 0 Å². The average Bonchev–Trinajstić information content (AvgIpc) is 2.67. The highest BCUT2D eigenvalue weighted by Crippen LogP contribution is 2.17. The molecule has 0 saturated heterocycles. The van der Waals surface area contributed by atoms with E-state index in [1.807, 2.05) is 27.8 Å². The summed E-state index contributed by atoms with van der Waals surface area (Å²) in [5.41, 5.74) is 2.97.